The van der Waals surface area contributed by atoms with Crippen molar-refractivity contribution in [3.8, 4) is 11.1 Å². The maximum atomic E-state index is 11.2. The molecule has 0 spiro atoms. The van der Waals surface area contributed by atoms with Crippen LogP contribution in [-0.4, -0.2) is 28.9 Å². The Morgan fingerprint density at radius 1 is 1.19 bits per heavy atom. The first-order chi connectivity index (χ1) is 12.8. The largest absolute Gasteiger partial charge is 0.440 e. The van der Waals surface area contributed by atoms with E-state index in [2.05, 4.69) is 48.3 Å². The molecule has 4 rings (SSSR count). The molecule has 2 aromatic carbocycles. The lowest BCUT2D eigenvalue weighted by molar-refractivity contribution is -0.118. The molecule has 26 heavy (non-hydrogen) atoms. The first-order valence-corrected chi connectivity index (χ1v) is 9.47. The van der Waals surface area contributed by atoms with Gasteiger partial charge in [-0.3, -0.25) is 4.79 Å². The molecule has 4 heteroatoms. The number of oxazole rings is 1. The molecule has 1 aliphatic carbocycles. The zero-order valence-corrected chi connectivity index (χ0v) is 15.1. The predicted octanol–water partition coefficient (Wildman–Crippen LogP) is 4.61. The van der Waals surface area contributed by atoms with Crippen LogP contribution in [0.4, 0.5) is 0 Å². The standard InChI is InChI=1S/C22H24N2O2/c1-2-21-23-20-14-18(16-7-4-3-5-8-16)13-17(22(20)26-21)9-6-12-24(15-25)19-10-11-19/h3-5,7-8,13-15,19H,2,6,9-12H2,1H3. The highest BCUT2D eigenvalue weighted by Crippen LogP contribution is 2.30. The predicted molar refractivity (Wildman–Crippen MR) is 103 cm³/mol. The zero-order chi connectivity index (χ0) is 17.9. The maximum absolute atomic E-state index is 11.2. The van der Waals surface area contributed by atoms with Crippen LogP contribution in [0, 0.1) is 0 Å². The average molecular weight is 348 g/mol. The highest BCUT2D eigenvalue weighted by atomic mass is 16.3. The Bertz CT molecular complexity index is 897. The van der Waals surface area contributed by atoms with Crippen LogP contribution < -0.4 is 0 Å². The molecule has 0 radical (unpaired) electrons. The lowest BCUT2D eigenvalue weighted by Gasteiger charge is -2.16. The van der Waals surface area contributed by atoms with Crippen molar-refractivity contribution in [2.45, 2.75) is 45.1 Å². The fraction of sp³-hybridized carbons (Fsp3) is 0.364. The first-order valence-electron chi connectivity index (χ1n) is 9.47. The van der Waals surface area contributed by atoms with Crippen molar-refractivity contribution in [3.05, 3.63) is 53.9 Å². The number of aromatic nitrogens is 1. The zero-order valence-electron chi connectivity index (χ0n) is 15.1. The van der Waals surface area contributed by atoms with Crippen LogP contribution in [0.1, 0.15) is 37.6 Å². The summed E-state index contributed by atoms with van der Waals surface area (Å²) in [6, 6.07) is 15.2. The van der Waals surface area contributed by atoms with Gasteiger partial charge < -0.3 is 9.32 Å². The quantitative estimate of drug-likeness (QED) is 0.559. The Balaban J connectivity index is 1.62. The summed E-state index contributed by atoms with van der Waals surface area (Å²) in [5.41, 5.74) is 5.34. The number of carbonyl (C=O) groups is 1. The van der Waals surface area contributed by atoms with Crippen LogP contribution in [0.3, 0.4) is 0 Å². The molecule has 3 aromatic rings. The second-order valence-corrected chi connectivity index (χ2v) is 6.99. The summed E-state index contributed by atoms with van der Waals surface area (Å²) < 4.78 is 5.99. The summed E-state index contributed by atoms with van der Waals surface area (Å²) in [5, 5.41) is 0. The molecule has 1 aromatic heterocycles. The minimum absolute atomic E-state index is 0.472. The lowest BCUT2D eigenvalue weighted by atomic mass is 9.99. The summed E-state index contributed by atoms with van der Waals surface area (Å²) in [4.78, 5) is 17.8. The Labute approximate surface area is 153 Å². The third-order valence-corrected chi connectivity index (χ3v) is 5.03. The monoisotopic (exact) mass is 348 g/mol. The summed E-state index contributed by atoms with van der Waals surface area (Å²) in [5.74, 6) is 0.777. The third-order valence-electron chi connectivity index (χ3n) is 5.03. The van der Waals surface area contributed by atoms with Gasteiger partial charge in [-0.05, 0) is 54.5 Å². The second kappa shape index (κ2) is 7.32. The van der Waals surface area contributed by atoms with Gasteiger partial charge in [-0.25, -0.2) is 4.98 Å². The Kier molecular flexibility index (Phi) is 4.74. The van der Waals surface area contributed by atoms with Crippen molar-refractivity contribution in [1.82, 2.24) is 9.88 Å². The minimum atomic E-state index is 0.472. The van der Waals surface area contributed by atoms with Crippen LogP contribution in [0.15, 0.2) is 46.9 Å². The summed E-state index contributed by atoms with van der Waals surface area (Å²) >= 11 is 0. The highest BCUT2D eigenvalue weighted by Gasteiger charge is 2.27. The summed E-state index contributed by atoms with van der Waals surface area (Å²) in [7, 11) is 0. The van der Waals surface area contributed by atoms with Gasteiger partial charge in [0.25, 0.3) is 0 Å². The molecule has 0 bridgehead atoms. The molecule has 1 aliphatic rings. The van der Waals surface area contributed by atoms with Crippen molar-refractivity contribution >= 4 is 17.5 Å². The molecule has 0 atom stereocenters. The number of hydrogen-bond donors (Lipinski definition) is 0. The number of amides is 1. The number of aryl methyl sites for hydroxylation is 2. The van der Waals surface area contributed by atoms with E-state index < -0.39 is 0 Å². The fourth-order valence-electron chi connectivity index (χ4n) is 3.46. The van der Waals surface area contributed by atoms with Crippen molar-refractivity contribution in [2.75, 3.05) is 6.54 Å². The molecular weight excluding hydrogens is 324 g/mol. The maximum Gasteiger partial charge on any atom is 0.209 e. The van der Waals surface area contributed by atoms with Crippen LogP contribution >= 0.6 is 0 Å². The molecule has 134 valence electrons. The molecule has 1 fully saturated rings. The highest BCUT2D eigenvalue weighted by molar-refractivity contribution is 5.83. The number of rotatable bonds is 8. The molecule has 1 amide bonds. The van der Waals surface area contributed by atoms with Gasteiger partial charge in [-0.2, -0.15) is 0 Å². The number of carbonyl (C=O) groups excluding carboxylic acids is 1. The van der Waals surface area contributed by atoms with Gasteiger partial charge >= 0.3 is 0 Å². The van der Waals surface area contributed by atoms with E-state index in [-0.39, 0.29) is 0 Å². The summed E-state index contributed by atoms with van der Waals surface area (Å²) in [6.45, 7) is 2.86. The topological polar surface area (TPSA) is 46.3 Å². The van der Waals surface area contributed by atoms with Gasteiger partial charge in [0.1, 0.15) is 5.52 Å². The van der Waals surface area contributed by atoms with E-state index in [0.717, 1.165) is 62.0 Å². The van der Waals surface area contributed by atoms with E-state index in [1.807, 2.05) is 11.0 Å². The van der Waals surface area contributed by atoms with Gasteiger partial charge in [0.05, 0.1) is 0 Å². The van der Waals surface area contributed by atoms with Crippen LogP contribution in [0.2, 0.25) is 0 Å². The first kappa shape index (κ1) is 16.8. The van der Waals surface area contributed by atoms with E-state index in [1.165, 1.54) is 16.7 Å². The van der Waals surface area contributed by atoms with Gasteiger partial charge in [0.2, 0.25) is 6.41 Å². The van der Waals surface area contributed by atoms with Gasteiger partial charge in [0.15, 0.2) is 11.5 Å². The average Bonchev–Trinajstić information content (AvgIpc) is 3.43. The molecule has 0 unspecified atom stereocenters. The van der Waals surface area contributed by atoms with E-state index in [4.69, 9.17) is 4.42 Å². The molecule has 1 saturated carbocycles. The van der Waals surface area contributed by atoms with Crippen molar-refractivity contribution in [1.29, 1.82) is 0 Å². The van der Waals surface area contributed by atoms with Gasteiger partial charge in [-0.15, -0.1) is 0 Å². The molecule has 0 saturated heterocycles. The van der Waals surface area contributed by atoms with Crippen molar-refractivity contribution < 1.29 is 9.21 Å². The van der Waals surface area contributed by atoms with Gasteiger partial charge in [-0.1, -0.05) is 37.3 Å². The van der Waals surface area contributed by atoms with E-state index in [9.17, 15) is 4.79 Å². The van der Waals surface area contributed by atoms with Gasteiger partial charge in [0, 0.05) is 19.0 Å². The number of nitrogens with zero attached hydrogens (tertiary/aromatic N) is 2. The molecular formula is C22H24N2O2. The number of benzene rings is 2. The molecule has 0 aliphatic heterocycles. The minimum Gasteiger partial charge on any atom is -0.440 e. The summed E-state index contributed by atoms with van der Waals surface area (Å²) in [6.07, 6.45) is 5.90. The van der Waals surface area contributed by atoms with E-state index in [1.54, 1.807) is 0 Å². The molecule has 0 N–H and O–H groups in total. The Morgan fingerprint density at radius 2 is 2.00 bits per heavy atom. The van der Waals surface area contributed by atoms with Crippen LogP contribution in [-0.2, 0) is 17.6 Å². The second-order valence-electron chi connectivity index (χ2n) is 6.99. The van der Waals surface area contributed by atoms with Crippen LogP contribution in [0.5, 0.6) is 0 Å². The van der Waals surface area contributed by atoms with Crippen molar-refractivity contribution in [3.63, 3.8) is 0 Å². The van der Waals surface area contributed by atoms with Crippen molar-refractivity contribution in [2.24, 2.45) is 0 Å². The van der Waals surface area contributed by atoms with Crippen LogP contribution in [0.25, 0.3) is 22.2 Å². The molecule has 1 heterocycles. The normalized spacial score (nSPS) is 13.9. The van der Waals surface area contributed by atoms with E-state index in [0.29, 0.717) is 6.04 Å². The molecule has 4 nitrogen and oxygen atoms in total. The fourth-order valence-corrected chi connectivity index (χ4v) is 3.46. The SMILES string of the molecule is CCc1nc2cc(-c3ccccc3)cc(CCCN(C=O)C3CC3)c2o1. The Hall–Kier alpha value is -2.62. The van der Waals surface area contributed by atoms with E-state index >= 15 is 0 Å². The smallest absolute Gasteiger partial charge is 0.209 e. The third kappa shape index (κ3) is 3.50. The lowest BCUT2D eigenvalue weighted by Crippen LogP contribution is -2.25. The number of hydrogen-bond acceptors (Lipinski definition) is 3. The number of fused-ring (bicyclic) bond motifs is 1. The Morgan fingerprint density at radius 3 is 2.69 bits per heavy atom.